The molecule has 3 aromatic rings. The van der Waals surface area contributed by atoms with Gasteiger partial charge in [0, 0.05) is 5.69 Å². The molecule has 0 saturated heterocycles. The topological polar surface area (TPSA) is 110 Å². The summed E-state index contributed by atoms with van der Waals surface area (Å²) >= 11 is 0. The van der Waals surface area contributed by atoms with Crippen LogP contribution in [0.2, 0.25) is 0 Å². The minimum Gasteiger partial charge on any atom is -0.292 e. The Hall–Kier alpha value is -2.48. The van der Waals surface area contributed by atoms with E-state index < -0.39 is 0 Å². The summed E-state index contributed by atoms with van der Waals surface area (Å²) in [7, 11) is 0. The normalized spacial score (nSPS) is 14.4. The molecule has 0 spiro atoms. The van der Waals surface area contributed by atoms with Gasteiger partial charge in [-0.15, -0.1) is 0 Å². The standard InChI is InChI=1S/C12H14N8/c13-18-12-16-10-7(5-15-19-10)11(17-12)20-6-14-8-3-1-2-4-9(8)20/h5-6H,1-4,13H2,(H2,15,16,17,18,19). The number of rotatable bonds is 2. The van der Waals surface area contributed by atoms with E-state index in [1.165, 1.54) is 18.5 Å². The van der Waals surface area contributed by atoms with Crippen LogP contribution in [0.4, 0.5) is 5.95 Å². The predicted octanol–water partition coefficient (Wildman–Crippen LogP) is 0.703. The Morgan fingerprint density at radius 3 is 3.05 bits per heavy atom. The van der Waals surface area contributed by atoms with E-state index in [2.05, 4.69) is 30.6 Å². The van der Waals surface area contributed by atoms with Crippen LogP contribution >= 0.6 is 0 Å². The number of anilines is 1. The molecule has 20 heavy (non-hydrogen) atoms. The quantitative estimate of drug-likeness (QED) is 0.467. The summed E-state index contributed by atoms with van der Waals surface area (Å²) in [5.41, 5.74) is 5.52. The Morgan fingerprint density at radius 1 is 1.25 bits per heavy atom. The van der Waals surface area contributed by atoms with E-state index in [-0.39, 0.29) is 0 Å². The molecule has 0 bridgehead atoms. The van der Waals surface area contributed by atoms with Gasteiger partial charge in [0.25, 0.3) is 0 Å². The highest BCUT2D eigenvalue weighted by Crippen LogP contribution is 2.26. The van der Waals surface area contributed by atoms with Crippen LogP contribution in [0.3, 0.4) is 0 Å². The third kappa shape index (κ3) is 1.58. The SMILES string of the molecule is NNc1nc(-n2cnc3c2CCCC3)c2cn[nH]c2n1. The first-order valence-corrected chi connectivity index (χ1v) is 6.60. The maximum absolute atomic E-state index is 5.44. The zero-order valence-corrected chi connectivity index (χ0v) is 10.8. The molecule has 0 fully saturated rings. The first kappa shape index (κ1) is 11.4. The van der Waals surface area contributed by atoms with Crippen molar-refractivity contribution < 1.29 is 0 Å². The number of fused-ring (bicyclic) bond motifs is 2. The lowest BCUT2D eigenvalue weighted by Crippen LogP contribution is -2.13. The number of nitrogen functional groups attached to an aromatic ring is 1. The number of aromatic amines is 1. The lowest BCUT2D eigenvalue weighted by Gasteiger charge is -2.14. The summed E-state index contributed by atoms with van der Waals surface area (Å²) in [6.45, 7) is 0. The van der Waals surface area contributed by atoms with Gasteiger partial charge in [0.1, 0.15) is 6.33 Å². The summed E-state index contributed by atoms with van der Waals surface area (Å²) in [5, 5.41) is 7.73. The Morgan fingerprint density at radius 2 is 2.15 bits per heavy atom. The van der Waals surface area contributed by atoms with Crippen molar-refractivity contribution in [2.75, 3.05) is 5.43 Å². The number of aromatic nitrogens is 6. The van der Waals surface area contributed by atoms with Gasteiger partial charge in [0.2, 0.25) is 5.95 Å². The second-order valence-corrected chi connectivity index (χ2v) is 4.86. The van der Waals surface area contributed by atoms with Crippen molar-refractivity contribution in [3.05, 3.63) is 23.9 Å². The smallest absolute Gasteiger partial charge is 0.241 e. The van der Waals surface area contributed by atoms with Gasteiger partial charge in [-0.1, -0.05) is 0 Å². The number of H-pyrrole nitrogens is 1. The fourth-order valence-electron chi connectivity index (χ4n) is 2.72. The third-order valence-corrected chi connectivity index (χ3v) is 3.68. The predicted molar refractivity (Wildman–Crippen MR) is 73.3 cm³/mol. The molecule has 0 atom stereocenters. The molecule has 0 amide bonds. The number of hydrogen-bond donors (Lipinski definition) is 3. The average molecular weight is 270 g/mol. The van der Waals surface area contributed by atoms with Crippen molar-refractivity contribution in [1.82, 2.24) is 29.7 Å². The maximum Gasteiger partial charge on any atom is 0.241 e. The number of nitrogens with zero attached hydrogens (tertiary/aromatic N) is 5. The van der Waals surface area contributed by atoms with Crippen LogP contribution in [0.15, 0.2) is 12.5 Å². The van der Waals surface area contributed by atoms with Gasteiger partial charge >= 0.3 is 0 Å². The van der Waals surface area contributed by atoms with Gasteiger partial charge < -0.3 is 0 Å². The molecule has 0 aromatic carbocycles. The van der Waals surface area contributed by atoms with E-state index in [4.69, 9.17) is 5.84 Å². The second kappa shape index (κ2) is 4.27. The Balaban J connectivity index is 1.97. The molecule has 0 saturated carbocycles. The molecular formula is C12H14N8. The van der Waals surface area contributed by atoms with Gasteiger partial charge in [0.05, 0.1) is 17.3 Å². The minimum atomic E-state index is 0.356. The number of nitrogens with one attached hydrogen (secondary N) is 2. The fourth-order valence-corrected chi connectivity index (χ4v) is 2.72. The van der Waals surface area contributed by atoms with Crippen molar-refractivity contribution in [3.8, 4) is 5.82 Å². The van der Waals surface area contributed by atoms with E-state index in [9.17, 15) is 0 Å². The number of imidazole rings is 1. The Kier molecular flexibility index (Phi) is 2.43. The lowest BCUT2D eigenvalue weighted by molar-refractivity contribution is 0.654. The van der Waals surface area contributed by atoms with Crippen LogP contribution in [0.5, 0.6) is 0 Å². The van der Waals surface area contributed by atoms with Gasteiger partial charge in [-0.25, -0.2) is 10.8 Å². The first-order chi connectivity index (χ1) is 9.86. The van der Waals surface area contributed by atoms with Crippen LogP contribution in [0, 0.1) is 0 Å². The Labute approximate surface area is 114 Å². The molecule has 0 unspecified atom stereocenters. The van der Waals surface area contributed by atoms with E-state index in [1.807, 2.05) is 10.9 Å². The fraction of sp³-hybridized carbons (Fsp3) is 0.333. The van der Waals surface area contributed by atoms with Gasteiger partial charge in [-0.05, 0) is 25.7 Å². The molecular weight excluding hydrogens is 256 g/mol. The third-order valence-electron chi connectivity index (χ3n) is 3.68. The minimum absolute atomic E-state index is 0.356. The highest BCUT2D eigenvalue weighted by Gasteiger charge is 2.19. The summed E-state index contributed by atoms with van der Waals surface area (Å²) < 4.78 is 2.02. The molecule has 8 heteroatoms. The molecule has 3 aromatic heterocycles. The van der Waals surface area contributed by atoms with Gasteiger partial charge in [0.15, 0.2) is 11.5 Å². The Bertz CT molecular complexity index is 771. The van der Waals surface area contributed by atoms with Crippen molar-refractivity contribution in [3.63, 3.8) is 0 Å². The first-order valence-electron chi connectivity index (χ1n) is 6.60. The van der Waals surface area contributed by atoms with Crippen LogP contribution in [-0.2, 0) is 12.8 Å². The maximum atomic E-state index is 5.44. The van der Waals surface area contributed by atoms with E-state index in [0.29, 0.717) is 11.6 Å². The summed E-state index contributed by atoms with van der Waals surface area (Å²) in [6, 6.07) is 0. The van der Waals surface area contributed by atoms with Gasteiger partial charge in [-0.3, -0.25) is 15.1 Å². The van der Waals surface area contributed by atoms with Crippen LogP contribution in [-0.4, -0.2) is 29.7 Å². The molecule has 0 aliphatic heterocycles. The molecule has 4 rings (SSSR count). The van der Waals surface area contributed by atoms with E-state index >= 15 is 0 Å². The zero-order chi connectivity index (χ0) is 13.5. The number of hydrogen-bond acceptors (Lipinski definition) is 6. The summed E-state index contributed by atoms with van der Waals surface area (Å²) in [4.78, 5) is 13.2. The molecule has 1 aliphatic carbocycles. The van der Waals surface area contributed by atoms with Crippen LogP contribution < -0.4 is 11.3 Å². The molecule has 8 nitrogen and oxygen atoms in total. The van der Waals surface area contributed by atoms with Crippen LogP contribution in [0.25, 0.3) is 16.9 Å². The lowest BCUT2D eigenvalue weighted by atomic mass is 10.0. The summed E-state index contributed by atoms with van der Waals surface area (Å²) in [5.74, 6) is 6.55. The number of hydrazine groups is 1. The molecule has 3 heterocycles. The molecule has 0 radical (unpaired) electrons. The highest BCUT2D eigenvalue weighted by molar-refractivity contribution is 5.83. The highest BCUT2D eigenvalue weighted by atomic mass is 15.3. The van der Waals surface area contributed by atoms with Crippen molar-refractivity contribution in [2.24, 2.45) is 5.84 Å². The monoisotopic (exact) mass is 270 g/mol. The number of nitrogens with two attached hydrogens (primary N) is 1. The largest absolute Gasteiger partial charge is 0.292 e. The average Bonchev–Trinajstić information content (AvgIpc) is 3.12. The molecule has 4 N–H and O–H groups in total. The van der Waals surface area contributed by atoms with Crippen molar-refractivity contribution in [1.29, 1.82) is 0 Å². The number of aryl methyl sites for hydroxylation is 1. The summed E-state index contributed by atoms with van der Waals surface area (Å²) in [6.07, 6.45) is 7.98. The van der Waals surface area contributed by atoms with E-state index in [0.717, 1.165) is 29.7 Å². The van der Waals surface area contributed by atoms with E-state index in [1.54, 1.807) is 6.20 Å². The molecule has 1 aliphatic rings. The van der Waals surface area contributed by atoms with Crippen LogP contribution in [0.1, 0.15) is 24.2 Å². The van der Waals surface area contributed by atoms with Crippen molar-refractivity contribution >= 4 is 17.0 Å². The zero-order valence-electron chi connectivity index (χ0n) is 10.8. The molecule has 102 valence electrons. The van der Waals surface area contributed by atoms with Crippen molar-refractivity contribution in [2.45, 2.75) is 25.7 Å². The van der Waals surface area contributed by atoms with Gasteiger partial charge in [-0.2, -0.15) is 15.1 Å². The second-order valence-electron chi connectivity index (χ2n) is 4.86.